The summed E-state index contributed by atoms with van der Waals surface area (Å²) in [5, 5.41) is 6.21. The molecule has 0 saturated heterocycles. The number of nitrogens with zero attached hydrogens (tertiary/aromatic N) is 3. The number of methoxy groups -OCH3 is 1. The van der Waals surface area contributed by atoms with E-state index < -0.39 is 0 Å². The van der Waals surface area contributed by atoms with E-state index in [1.54, 1.807) is 13.3 Å². The molecule has 0 radical (unpaired) electrons. The number of aryl methyl sites for hydroxylation is 1. The van der Waals surface area contributed by atoms with E-state index in [4.69, 9.17) is 10.5 Å². The second-order valence-corrected chi connectivity index (χ2v) is 7.39. The maximum atomic E-state index is 12.4. The fraction of sp³-hybridized carbons (Fsp3) is 0.208. The summed E-state index contributed by atoms with van der Waals surface area (Å²) in [5.41, 5.74) is 10.5. The molecule has 0 aliphatic heterocycles. The first-order valence-corrected chi connectivity index (χ1v) is 10.4. The summed E-state index contributed by atoms with van der Waals surface area (Å²) in [7, 11) is 1.65. The number of anilines is 2. The lowest BCUT2D eigenvalue weighted by Gasteiger charge is -2.11. The molecule has 2 aromatic carbocycles. The standard InChI is InChI=1S/C24H26N6O2.ClH/c1-16-14-18(6-9-20(16)24(31)27-11-3-10-25)29-22-23-28-15-21(30(23)13-12-26-22)17-4-7-19(32-2)8-5-17;/h4-9,12-15H,3,10-11,25H2,1-2H3,(H,26,29)(H,27,31);1H. The number of fused-ring (bicyclic) bond motifs is 1. The van der Waals surface area contributed by atoms with E-state index in [1.807, 2.05) is 66.2 Å². The van der Waals surface area contributed by atoms with Gasteiger partial charge in [-0.15, -0.1) is 12.4 Å². The van der Waals surface area contributed by atoms with Crippen molar-refractivity contribution in [1.82, 2.24) is 19.7 Å². The topological polar surface area (TPSA) is 107 Å². The van der Waals surface area contributed by atoms with E-state index in [0.717, 1.165) is 34.7 Å². The molecule has 0 fully saturated rings. The molecule has 172 valence electrons. The first-order chi connectivity index (χ1) is 15.6. The molecule has 4 rings (SSSR count). The van der Waals surface area contributed by atoms with Crippen LogP contribution < -0.4 is 21.1 Å². The number of hydrogen-bond acceptors (Lipinski definition) is 6. The zero-order valence-corrected chi connectivity index (χ0v) is 19.4. The Morgan fingerprint density at radius 2 is 1.94 bits per heavy atom. The third-order valence-corrected chi connectivity index (χ3v) is 5.21. The van der Waals surface area contributed by atoms with Gasteiger partial charge in [0.2, 0.25) is 0 Å². The summed E-state index contributed by atoms with van der Waals surface area (Å²) in [4.78, 5) is 21.4. The quantitative estimate of drug-likeness (QED) is 0.339. The third kappa shape index (κ3) is 5.24. The SMILES string of the molecule is COc1ccc(-c2cnc3c(Nc4ccc(C(=O)NCCCN)c(C)c4)nccn23)cc1.Cl. The fourth-order valence-electron chi connectivity index (χ4n) is 3.51. The zero-order chi connectivity index (χ0) is 22.5. The van der Waals surface area contributed by atoms with E-state index >= 15 is 0 Å². The van der Waals surface area contributed by atoms with Crippen molar-refractivity contribution < 1.29 is 9.53 Å². The number of benzene rings is 2. The highest BCUT2D eigenvalue weighted by Gasteiger charge is 2.13. The van der Waals surface area contributed by atoms with Gasteiger partial charge in [0, 0.05) is 35.8 Å². The molecule has 0 unspecified atom stereocenters. The molecule has 1 amide bonds. The van der Waals surface area contributed by atoms with Gasteiger partial charge in [-0.2, -0.15) is 0 Å². The van der Waals surface area contributed by atoms with Crippen molar-refractivity contribution in [2.75, 3.05) is 25.5 Å². The Morgan fingerprint density at radius 3 is 2.64 bits per heavy atom. The van der Waals surface area contributed by atoms with Gasteiger partial charge in [0.05, 0.1) is 19.0 Å². The first-order valence-electron chi connectivity index (χ1n) is 10.4. The number of carbonyl (C=O) groups excluding carboxylic acids is 1. The number of nitrogens with two attached hydrogens (primary N) is 1. The lowest BCUT2D eigenvalue weighted by Crippen LogP contribution is -2.26. The summed E-state index contributed by atoms with van der Waals surface area (Å²) in [6, 6.07) is 13.4. The predicted molar refractivity (Wildman–Crippen MR) is 133 cm³/mol. The lowest BCUT2D eigenvalue weighted by atomic mass is 10.1. The van der Waals surface area contributed by atoms with E-state index in [-0.39, 0.29) is 18.3 Å². The molecule has 8 nitrogen and oxygen atoms in total. The van der Waals surface area contributed by atoms with Gasteiger partial charge >= 0.3 is 0 Å². The molecule has 0 spiro atoms. The molecule has 4 N–H and O–H groups in total. The second-order valence-electron chi connectivity index (χ2n) is 7.39. The number of rotatable bonds is 8. The first kappa shape index (κ1) is 24.0. The van der Waals surface area contributed by atoms with Crippen LogP contribution in [0, 0.1) is 6.92 Å². The molecule has 0 bridgehead atoms. The van der Waals surface area contributed by atoms with Crippen molar-refractivity contribution in [3.63, 3.8) is 0 Å². The number of carbonyl (C=O) groups is 1. The molecule has 0 saturated carbocycles. The van der Waals surface area contributed by atoms with Crippen LogP contribution in [0.1, 0.15) is 22.3 Å². The molecular formula is C24H27ClN6O2. The third-order valence-electron chi connectivity index (χ3n) is 5.21. The van der Waals surface area contributed by atoms with Gasteiger partial charge in [-0.25, -0.2) is 9.97 Å². The number of aromatic nitrogens is 3. The Hall–Kier alpha value is -3.62. The number of hydrogen-bond donors (Lipinski definition) is 3. The van der Waals surface area contributed by atoms with Crippen LogP contribution in [0.15, 0.2) is 61.1 Å². The van der Waals surface area contributed by atoms with Crippen LogP contribution in [0.25, 0.3) is 16.9 Å². The average molecular weight is 467 g/mol. The van der Waals surface area contributed by atoms with Crippen LogP contribution in [0.4, 0.5) is 11.5 Å². The van der Waals surface area contributed by atoms with Gasteiger partial charge in [-0.1, -0.05) is 0 Å². The molecule has 33 heavy (non-hydrogen) atoms. The summed E-state index contributed by atoms with van der Waals surface area (Å²) in [6.45, 7) is 3.03. The molecule has 9 heteroatoms. The minimum absolute atomic E-state index is 0. The van der Waals surface area contributed by atoms with Crippen LogP contribution in [-0.4, -0.2) is 40.5 Å². The van der Waals surface area contributed by atoms with Crippen molar-refractivity contribution in [3.05, 3.63) is 72.2 Å². The minimum atomic E-state index is -0.0971. The highest BCUT2D eigenvalue weighted by atomic mass is 35.5. The van der Waals surface area contributed by atoms with Crippen molar-refractivity contribution in [1.29, 1.82) is 0 Å². The largest absolute Gasteiger partial charge is 0.497 e. The normalized spacial score (nSPS) is 10.5. The summed E-state index contributed by atoms with van der Waals surface area (Å²) in [6.07, 6.45) is 6.19. The highest BCUT2D eigenvalue weighted by Crippen LogP contribution is 2.27. The van der Waals surface area contributed by atoms with E-state index in [0.29, 0.717) is 30.1 Å². The Morgan fingerprint density at radius 1 is 1.15 bits per heavy atom. The summed E-state index contributed by atoms with van der Waals surface area (Å²) >= 11 is 0. The van der Waals surface area contributed by atoms with Crippen molar-refractivity contribution in [2.45, 2.75) is 13.3 Å². The van der Waals surface area contributed by atoms with E-state index in [9.17, 15) is 4.79 Å². The highest BCUT2D eigenvalue weighted by molar-refractivity contribution is 5.96. The van der Waals surface area contributed by atoms with Crippen LogP contribution in [0.3, 0.4) is 0 Å². The molecule has 2 heterocycles. The van der Waals surface area contributed by atoms with Crippen molar-refractivity contribution in [3.8, 4) is 17.0 Å². The average Bonchev–Trinajstić information content (AvgIpc) is 3.24. The van der Waals surface area contributed by atoms with Crippen molar-refractivity contribution >= 4 is 35.5 Å². The van der Waals surface area contributed by atoms with Gasteiger partial charge < -0.3 is 21.1 Å². The maximum Gasteiger partial charge on any atom is 0.251 e. The summed E-state index contributed by atoms with van der Waals surface area (Å²) < 4.78 is 7.23. The van der Waals surface area contributed by atoms with Crippen LogP contribution in [0.2, 0.25) is 0 Å². The Balaban J connectivity index is 0.00000306. The van der Waals surface area contributed by atoms with E-state index in [1.165, 1.54) is 0 Å². The van der Waals surface area contributed by atoms with E-state index in [2.05, 4.69) is 20.6 Å². The number of ether oxygens (including phenoxy) is 1. The Bertz CT molecular complexity index is 1240. The molecule has 4 aromatic rings. The van der Waals surface area contributed by atoms with Gasteiger partial charge in [0.25, 0.3) is 5.91 Å². The number of amides is 1. The van der Waals surface area contributed by atoms with Gasteiger partial charge in [0.15, 0.2) is 11.5 Å². The number of nitrogens with one attached hydrogen (secondary N) is 2. The molecule has 0 aliphatic carbocycles. The van der Waals surface area contributed by atoms with Gasteiger partial charge in [0.1, 0.15) is 5.75 Å². The van der Waals surface area contributed by atoms with Crippen LogP contribution >= 0.6 is 12.4 Å². The fourth-order valence-corrected chi connectivity index (χ4v) is 3.51. The molecule has 0 aliphatic rings. The lowest BCUT2D eigenvalue weighted by molar-refractivity contribution is 0.0953. The van der Waals surface area contributed by atoms with Gasteiger partial charge in [-0.3, -0.25) is 9.20 Å². The second kappa shape index (κ2) is 10.8. The molecule has 2 aromatic heterocycles. The summed E-state index contributed by atoms with van der Waals surface area (Å²) in [5.74, 6) is 1.34. The van der Waals surface area contributed by atoms with Gasteiger partial charge in [-0.05, 0) is 67.9 Å². The number of halogens is 1. The maximum absolute atomic E-state index is 12.4. The smallest absolute Gasteiger partial charge is 0.251 e. The minimum Gasteiger partial charge on any atom is -0.497 e. The van der Waals surface area contributed by atoms with Crippen LogP contribution in [-0.2, 0) is 0 Å². The predicted octanol–water partition coefficient (Wildman–Crippen LogP) is 3.96. The molecular weight excluding hydrogens is 440 g/mol. The Kier molecular flexibility index (Phi) is 7.87. The van der Waals surface area contributed by atoms with Crippen LogP contribution in [0.5, 0.6) is 5.75 Å². The Labute approximate surface area is 198 Å². The number of imidazole rings is 1. The monoisotopic (exact) mass is 466 g/mol. The molecule has 0 atom stereocenters. The van der Waals surface area contributed by atoms with Crippen molar-refractivity contribution in [2.24, 2.45) is 5.73 Å². The zero-order valence-electron chi connectivity index (χ0n) is 18.5.